The third-order valence-corrected chi connectivity index (χ3v) is 5.28. The van der Waals surface area contributed by atoms with E-state index in [0.29, 0.717) is 28.3 Å². The molecule has 0 radical (unpaired) electrons. The fraction of sp³-hybridized carbons (Fsp3) is 0.154. The van der Waals surface area contributed by atoms with Crippen molar-refractivity contribution in [3.8, 4) is 11.5 Å². The van der Waals surface area contributed by atoms with Gasteiger partial charge in [-0.25, -0.2) is 0 Å². The molecule has 0 bridgehead atoms. The van der Waals surface area contributed by atoms with E-state index in [0.717, 1.165) is 16.5 Å². The van der Waals surface area contributed by atoms with Crippen molar-refractivity contribution in [1.82, 2.24) is 0 Å². The van der Waals surface area contributed by atoms with Gasteiger partial charge in [0.1, 0.15) is 5.58 Å². The number of amides is 1. The number of ether oxygens (including phenoxy) is 2. The van der Waals surface area contributed by atoms with E-state index in [2.05, 4.69) is 5.32 Å². The molecule has 1 heterocycles. The summed E-state index contributed by atoms with van der Waals surface area (Å²) in [5.41, 5.74) is 3.24. The summed E-state index contributed by atoms with van der Waals surface area (Å²) in [5.74, 6) is 0.881. The summed E-state index contributed by atoms with van der Waals surface area (Å²) >= 11 is 0. The van der Waals surface area contributed by atoms with E-state index in [1.165, 1.54) is 7.11 Å². The van der Waals surface area contributed by atoms with E-state index in [4.69, 9.17) is 13.9 Å². The van der Waals surface area contributed by atoms with Gasteiger partial charge in [-0.1, -0.05) is 30.3 Å². The van der Waals surface area contributed by atoms with Crippen LogP contribution in [-0.2, 0) is 11.2 Å². The van der Waals surface area contributed by atoms with Crippen molar-refractivity contribution < 1.29 is 23.5 Å². The molecule has 0 fully saturated rings. The lowest BCUT2D eigenvalue weighted by Crippen LogP contribution is -2.14. The van der Waals surface area contributed by atoms with Crippen LogP contribution in [0.4, 0.5) is 5.69 Å². The van der Waals surface area contributed by atoms with Gasteiger partial charge in [-0.2, -0.15) is 0 Å². The molecule has 1 N–H and O–H groups in total. The normalized spacial score (nSPS) is 10.7. The number of nitrogens with one attached hydrogen (secondary N) is 1. The van der Waals surface area contributed by atoms with E-state index in [9.17, 15) is 9.59 Å². The highest BCUT2D eigenvalue weighted by Crippen LogP contribution is 2.32. The average Bonchev–Trinajstić information content (AvgIpc) is 3.14. The molecule has 3 aromatic carbocycles. The molecule has 32 heavy (non-hydrogen) atoms. The second kappa shape index (κ2) is 8.98. The standard InChI is InChI=1S/C26H23NO5/c1-16-20-11-10-19(27-24(28)13-17-7-5-4-6-8-17)15-22(20)32-26(16)25(29)18-9-12-21(30-2)23(14-18)31-3/h4-12,14-15H,13H2,1-3H3,(H,27,28). The Bertz CT molecular complexity index is 1290. The number of carbonyl (C=O) groups is 2. The van der Waals surface area contributed by atoms with Crippen molar-refractivity contribution in [2.24, 2.45) is 0 Å². The second-order valence-electron chi connectivity index (χ2n) is 7.38. The van der Waals surface area contributed by atoms with Crippen LogP contribution >= 0.6 is 0 Å². The number of rotatable bonds is 7. The van der Waals surface area contributed by atoms with E-state index in [-0.39, 0.29) is 23.9 Å². The molecule has 0 unspecified atom stereocenters. The number of hydrogen-bond acceptors (Lipinski definition) is 5. The number of methoxy groups -OCH3 is 2. The first kappa shape index (κ1) is 21.2. The molecule has 4 aromatic rings. The van der Waals surface area contributed by atoms with Crippen LogP contribution in [0.2, 0.25) is 0 Å². The Morgan fingerprint density at radius 1 is 0.906 bits per heavy atom. The summed E-state index contributed by atoms with van der Waals surface area (Å²) < 4.78 is 16.4. The van der Waals surface area contributed by atoms with Gasteiger partial charge >= 0.3 is 0 Å². The Morgan fingerprint density at radius 2 is 1.66 bits per heavy atom. The predicted molar refractivity (Wildman–Crippen MR) is 123 cm³/mol. The maximum atomic E-state index is 13.1. The van der Waals surface area contributed by atoms with E-state index < -0.39 is 0 Å². The first-order chi connectivity index (χ1) is 15.5. The van der Waals surface area contributed by atoms with E-state index >= 15 is 0 Å². The SMILES string of the molecule is COc1ccc(C(=O)c2oc3cc(NC(=O)Cc4ccccc4)ccc3c2C)cc1OC. The number of aryl methyl sites for hydroxylation is 1. The average molecular weight is 429 g/mol. The largest absolute Gasteiger partial charge is 0.493 e. The number of anilines is 1. The first-order valence-electron chi connectivity index (χ1n) is 10.1. The summed E-state index contributed by atoms with van der Waals surface area (Å²) in [6.07, 6.45) is 0.277. The van der Waals surface area contributed by atoms with Crippen molar-refractivity contribution in [1.29, 1.82) is 0 Å². The van der Waals surface area contributed by atoms with Crippen molar-refractivity contribution in [2.45, 2.75) is 13.3 Å². The zero-order valence-electron chi connectivity index (χ0n) is 18.1. The van der Waals surface area contributed by atoms with Crippen LogP contribution in [0.25, 0.3) is 11.0 Å². The van der Waals surface area contributed by atoms with Crippen molar-refractivity contribution in [2.75, 3.05) is 19.5 Å². The number of benzene rings is 3. The number of ketones is 1. The topological polar surface area (TPSA) is 77.8 Å². The molecule has 0 atom stereocenters. The Balaban J connectivity index is 1.58. The van der Waals surface area contributed by atoms with Gasteiger partial charge in [0.05, 0.1) is 20.6 Å². The molecule has 0 aliphatic carbocycles. The minimum absolute atomic E-state index is 0.125. The fourth-order valence-corrected chi connectivity index (χ4v) is 3.61. The molecule has 0 aliphatic heterocycles. The summed E-state index contributed by atoms with van der Waals surface area (Å²) in [7, 11) is 3.06. The molecule has 1 aromatic heterocycles. The molecule has 6 heteroatoms. The van der Waals surface area contributed by atoms with Gasteiger partial charge in [0, 0.05) is 28.3 Å². The molecular weight excluding hydrogens is 406 g/mol. The minimum atomic E-state index is -0.255. The Morgan fingerprint density at radius 3 is 2.38 bits per heavy atom. The first-order valence-corrected chi connectivity index (χ1v) is 10.1. The van der Waals surface area contributed by atoms with Crippen molar-refractivity contribution in [3.63, 3.8) is 0 Å². The van der Waals surface area contributed by atoms with Gasteiger partial charge in [0.2, 0.25) is 11.7 Å². The maximum Gasteiger partial charge on any atom is 0.228 e. The Labute approximate surface area is 185 Å². The quantitative estimate of drug-likeness (QED) is 0.410. The monoisotopic (exact) mass is 429 g/mol. The molecular formula is C26H23NO5. The number of carbonyl (C=O) groups excluding carboxylic acids is 2. The van der Waals surface area contributed by atoms with Gasteiger partial charge in [-0.15, -0.1) is 0 Å². The lowest BCUT2D eigenvalue weighted by atomic mass is 10.0. The van der Waals surface area contributed by atoms with Crippen LogP contribution in [0.5, 0.6) is 11.5 Å². The Hall–Kier alpha value is -4.06. The maximum absolute atomic E-state index is 13.1. The van der Waals surface area contributed by atoms with Gasteiger partial charge in [0.15, 0.2) is 17.3 Å². The van der Waals surface area contributed by atoms with Crippen LogP contribution in [-0.4, -0.2) is 25.9 Å². The Kier molecular flexibility index (Phi) is 5.94. The lowest BCUT2D eigenvalue weighted by Gasteiger charge is -2.08. The van der Waals surface area contributed by atoms with E-state index in [1.807, 2.05) is 43.3 Å². The van der Waals surface area contributed by atoms with Crippen LogP contribution in [0, 0.1) is 6.92 Å². The van der Waals surface area contributed by atoms with Gasteiger partial charge in [0.25, 0.3) is 0 Å². The van der Waals surface area contributed by atoms with Gasteiger partial charge < -0.3 is 19.2 Å². The smallest absolute Gasteiger partial charge is 0.228 e. The predicted octanol–water partition coefficient (Wildman–Crippen LogP) is 5.17. The molecule has 4 rings (SSSR count). The molecule has 0 saturated heterocycles. The molecule has 1 amide bonds. The molecule has 0 aliphatic rings. The summed E-state index contributed by atoms with van der Waals surface area (Å²) in [4.78, 5) is 25.5. The number of fused-ring (bicyclic) bond motifs is 1. The highest BCUT2D eigenvalue weighted by molar-refractivity contribution is 6.11. The summed E-state index contributed by atoms with van der Waals surface area (Å²) in [6.45, 7) is 1.84. The minimum Gasteiger partial charge on any atom is -0.493 e. The van der Waals surface area contributed by atoms with Crippen LogP contribution in [0.15, 0.2) is 71.1 Å². The fourth-order valence-electron chi connectivity index (χ4n) is 3.61. The van der Waals surface area contributed by atoms with Gasteiger partial charge in [-0.05, 0) is 42.8 Å². The third-order valence-electron chi connectivity index (χ3n) is 5.28. The highest BCUT2D eigenvalue weighted by Gasteiger charge is 2.21. The number of hydrogen-bond donors (Lipinski definition) is 1. The zero-order chi connectivity index (χ0) is 22.7. The van der Waals surface area contributed by atoms with Crippen LogP contribution in [0.3, 0.4) is 0 Å². The van der Waals surface area contributed by atoms with E-state index in [1.54, 1.807) is 37.4 Å². The molecule has 0 saturated carbocycles. The third kappa shape index (κ3) is 4.21. The van der Waals surface area contributed by atoms with Crippen LogP contribution in [0.1, 0.15) is 27.2 Å². The molecule has 162 valence electrons. The highest BCUT2D eigenvalue weighted by atomic mass is 16.5. The van der Waals surface area contributed by atoms with Crippen molar-refractivity contribution in [3.05, 3.63) is 89.2 Å². The summed E-state index contributed by atoms with van der Waals surface area (Å²) in [5, 5.41) is 3.70. The molecule has 6 nitrogen and oxygen atoms in total. The summed E-state index contributed by atoms with van der Waals surface area (Å²) in [6, 6.07) is 19.9. The lowest BCUT2D eigenvalue weighted by molar-refractivity contribution is -0.115. The van der Waals surface area contributed by atoms with Crippen molar-refractivity contribution >= 4 is 28.3 Å². The van der Waals surface area contributed by atoms with Crippen LogP contribution < -0.4 is 14.8 Å². The number of furan rings is 1. The molecule has 0 spiro atoms. The zero-order valence-corrected chi connectivity index (χ0v) is 18.1. The van der Waals surface area contributed by atoms with Gasteiger partial charge in [-0.3, -0.25) is 9.59 Å². The second-order valence-corrected chi connectivity index (χ2v) is 7.38.